The molecule has 17 heavy (non-hydrogen) atoms. The van der Waals surface area contributed by atoms with Crippen molar-refractivity contribution in [2.45, 2.75) is 11.3 Å². The minimum atomic E-state index is -1.25. The first-order valence-electron chi connectivity index (χ1n) is 5.21. The number of aliphatic hydroxyl groups excluding tert-OH is 1. The largest absolute Gasteiger partial charge is 0.480 e. The third-order valence-corrected chi connectivity index (χ3v) is 5.01. The molecule has 0 spiro atoms. The molecule has 8 heteroatoms. The Morgan fingerprint density at radius 1 is 1.41 bits per heavy atom. The molecule has 1 heterocycles. The molecule has 0 bridgehead atoms. The van der Waals surface area contributed by atoms with Crippen LogP contribution >= 0.6 is 23.5 Å². The van der Waals surface area contributed by atoms with Gasteiger partial charge in [-0.15, -0.1) is 0 Å². The second kappa shape index (κ2) is 7.67. The smallest absolute Gasteiger partial charge is 0.328 e. The molecule has 0 saturated carbocycles. The Bertz CT molecular complexity index is 272. The molecular formula is C9H16N2O4S2. The van der Waals surface area contributed by atoms with E-state index in [1.807, 2.05) is 23.5 Å². The van der Waals surface area contributed by atoms with E-state index in [9.17, 15) is 9.59 Å². The summed E-state index contributed by atoms with van der Waals surface area (Å²) in [5.74, 6) is 1.96. The molecule has 0 aliphatic carbocycles. The van der Waals surface area contributed by atoms with Crippen molar-refractivity contribution in [3.63, 3.8) is 0 Å². The van der Waals surface area contributed by atoms with Gasteiger partial charge >= 0.3 is 12.0 Å². The maximum atomic E-state index is 11.3. The highest BCUT2D eigenvalue weighted by atomic mass is 32.2. The SMILES string of the molecule is O=C(NCC1CSCCS1)NC(CO)C(=O)O. The fourth-order valence-electron chi connectivity index (χ4n) is 1.26. The molecule has 0 aromatic rings. The van der Waals surface area contributed by atoms with E-state index in [1.54, 1.807) is 0 Å². The zero-order valence-corrected chi connectivity index (χ0v) is 10.9. The van der Waals surface area contributed by atoms with Gasteiger partial charge in [0.05, 0.1) is 6.61 Å². The van der Waals surface area contributed by atoms with E-state index < -0.39 is 24.6 Å². The van der Waals surface area contributed by atoms with Crippen LogP contribution in [0.4, 0.5) is 4.79 Å². The van der Waals surface area contributed by atoms with Crippen LogP contribution in [0.5, 0.6) is 0 Å². The molecule has 1 fully saturated rings. The summed E-state index contributed by atoms with van der Waals surface area (Å²) in [6.45, 7) is -0.0992. The van der Waals surface area contributed by atoms with E-state index in [4.69, 9.17) is 10.2 Å². The summed E-state index contributed by atoms with van der Waals surface area (Å²) in [5, 5.41) is 22.5. The van der Waals surface area contributed by atoms with E-state index in [1.165, 1.54) is 0 Å². The lowest BCUT2D eigenvalue weighted by Crippen LogP contribution is -2.49. The molecule has 0 radical (unpaired) electrons. The number of hydrogen-bond donors (Lipinski definition) is 4. The summed E-state index contributed by atoms with van der Waals surface area (Å²) in [5.41, 5.74) is 0. The van der Waals surface area contributed by atoms with Crippen molar-refractivity contribution >= 4 is 35.5 Å². The number of aliphatic carboxylic acids is 1. The third kappa shape index (κ3) is 5.51. The van der Waals surface area contributed by atoms with Gasteiger partial charge in [-0.3, -0.25) is 0 Å². The van der Waals surface area contributed by atoms with E-state index >= 15 is 0 Å². The molecule has 1 rings (SSSR count). The summed E-state index contributed by atoms with van der Waals surface area (Å²) in [7, 11) is 0. The Kier molecular flexibility index (Phi) is 6.53. The monoisotopic (exact) mass is 280 g/mol. The molecule has 2 unspecified atom stereocenters. The maximum Gasteiger partial charge on any atom is 0.328 e. The molecule has 0 aromatic heterocycles. The zero-order chi connectivity index (χ0) is 12.7. The van der Waals surface area contributed by atoms with E-state index in [0.717, 1.165) is 17.3 Å². The second-order valence-electron chi connectivity index (χ2n) is 3.50. The van der Waals surface area contributed by atoms with Crippen molar-refractivity contribution in [3.8, 4) is 0 Å². The molecule has 4 N–H and O–H groups in total. The number of carboxylic acid groups (broad SMARTS) is 1. The van der Waals surface area contributed by atoms with Crippen molar-refractivity contribution in [3.05, 3.63) is 0 Å². The number of carbonyl (C=O) groups excluding carboxylic acids is 1. The maximum absolute atomic E-state index is 11.3. The zero-order valence-electron chi connectivity index (χ0n) is 9.22. The number of hydrogen-bond acceptors (Lipinski definition) is 5. The molecule has 2 amide bonds. The van der Waals surface area contributed by atoms with Crippen LogP contribution in [-0.4, -0.2) is 63.9 Å². The average molecular weight is 280 g/mol. The van der Waals surface area contributed by atoms with Crippen LogP contribution in [0.3, 0.4) is 0 Å². The standard InChI is InChI=1S/C9H16N2O4S2/c12-4-7(8(13)14)11-9(15)10-3-6-5-16-1-2-17-6/h6-7,12H,1-5H2,(H,13,14)(H2,10,11,15). The lowest BCUT2D eigenvalue weighted by molar-refractivity contribution is -0.140. The highest BCUT2D eigenvalue weighted by Gasteiger charge is 2.20. The van der Waals surface area contributed by atoms with Crippen molar-refractivity contribution in [2.24, 2.45) is 0 Å². The van der Waals surface area contributed by atoms with Crippen LogP contribution < -0.4 is 10.6 Å². The Morgan fingerprint density at radius 3 is 2.71 bits per heavy atom. The summed E-state index contributed by atoms with van der Waals surface area (Å²) in [6.07, 6.45) is 0. The van der Waals surface area contributed by atoms with Gasteiger partial charge in [-0.05, 0) is 0 Å². The summed E-state index contributed by atoms with van der Waals surface area (Å²) < 4.78 is 0. The van der Waals surface area contributed by atoms with Gasteiger partial charge in [0, 0.05) is 29.1 Å². The minimum absolute atomic E-state index is 0.372. The van der Waals surface area contributed by atoms with Crippen LogP contribution in [0.25, 0.3) is 0 Å². The van der Waals surface area contributed by atoms with Crippen molar-refractivity contribution < 1.29 is 19.8 Å². The van der Waals surface area contributed by atoms with Crippen LogP contribution in [0.1, 0.15) is 0 Å². The van der Waals surface area contributed by atoms with Crippen LogP contribution in [-0.2, 0) is 4.79 Å². The Hall–Kier alpha value is -0.600. The van der Waals surface area contributed by atoms with Gasteiger partial charge in [0.25, 0.3) is 0 Å². The normalized spacial score (nSPS) is 21.6. The summed E-state index contributed by atoms with van der Waals surface area (Å²) in [4.78, 5) is 21.9. The number of carboxylic acids is 1. The molecule has 1 saturated heterocycles. The van der Waals surface area contributed by atoms with Gasteiger partial charge in [0.15, 0.2) is 6.04 Å². The summed E-state index contributed by atoms with van der Waals surface area (Å²) in [6, 6.07) is -1.80. The molecule has 0 aromatic carbocycles. The lowest BCUT2D eigenvalue weighted by Gasteiger charge is -2.21. The number of aliphatic hydroxyl groups is 1. The number of thioether (sulfide) groups is 2. The van der Waals surface area contributed by atoms with Crippen LogP contribution in [0.2, 0.25) is 0 Å². The van der Waals surface area contributed by atoms with Gasteiger partial charge in [0.1, 0.15) is 0 Å². The number of carbonyl (C=O) groups is 2. The average Bonchev–Trinajstić information content (AvgIpc) is 2.34. The summed E-state index contributed by atoms with van der Waals surface area (Å²) >= 11 is 3.66. The van der Waals surface area contributed by atoms with E-state index in [2.05, 4.69) is 10.6 Å². The number of urea groups is 1. The Balaban J connectivity index is 2.21. The van der Waals surface area contributed by atoms with Crippen LogP contribution in [0.15, 0.2) is 0 Å². The van der Waals surface area contributed by atoms with Gasteiger partial charge in [0.2, 0.25) is 0 Å². The first-order chi connectivity index (χ1) is 8.13. The van der Waals surface area contributed by atoms with Gasteiger partial charge < -0.3 is 20.8 Å². The third-order valence-electron chi connectivity index (χ3n) is 2.16. The molecule has 98 valence electrons. The van der Waals surface area contributed by atoms with Crippen LogP contribution in [0, 0.1) is 0 Å². The second-order valence-corrected chi connectivity index (χ2v) is 6.05. The Morgan fingerprint density at radius 2 is 2.18 bits per heavy atom. The number of nitrogens with one attached hydrogen (secondary N) is 2. The van der Waals surface area contributed by atoms with Gasteiger partial charge in [-0.25, -0.2) is 9.59 Å². The molecular weight excluding hydrogens is 264 g/mol. The quantitative estimate of drug-likeness (QED) is 0.546. The van der Waals surface area contributed by atoms with Crippen molar-refractivity contribution in [1.82, 2.24) is 10.6 Å². The highest BCUT2D eigenvalue weighted by Crippen LogP contribution is 2.23. The topological polar surface area (TPSA) is 98.7 Å². The lowest BCUT2D eigenvalue weighted by atomic mass is 10.3. The van der Waals surface area contributed by atoms with Gasteiger partial charge in [-0.2, -0.15) is 23.5 Å². The first kappa shape index (κ1) is 14.5. The van der Waals surface area contributed by atoms with Crippen molar-refractivity contribution in [2.75, 3.05) is 30.4 Å². The fraction of sp³-hybridized carbons (Fsp3) is 0.778. The molecule has 2 atom stereocenters. The molecule has 1 aliphatic rings. The highest BCUT2D eigenvalue weighted by molar-refractivity contribution is 8.06. The first-order valence-corrected chi connectivity index (χ1v) is 7.41. The number of amides is 2. The Labute approximate surface area is 108 Å². The number of rotatable bonds is 5. The fourth-order valence-corrected chi connectivity index (χ4v) is 3.87. The van der Waals surface area contributed by atoms with E-state index in [0.29, 0.717) is 11.8 Å². The molecule has 6 nitrogen and oxygen atoms in total. The van der Waals surface area contributed by atoms with Gasteiger partial charge in [-0.1, -0.05) is 0 Å². The van der Waals surface area contributed by atoms with E-state index in [-0.39, 0.29) is 0 Å². The predicted molar refractivity (Wildman–Crippen MR) is 68.6 cm³/mol. The van der Waals surface area contributed by atoms with Crippen molar-refractivity contribution in [1.29, 1.82) is 0 Å². The predicted octanol–water partition coefficient (Wildman–Crippen LogP) is -0.420. The minimum Gasteiger partial charge on any atom is -0.480 e. The molecule has 1 aliphatic heterocycles.